The van der Waals surface area contributed by atoms with Gasteiger partial charge in [0.25, 0.3) is 0 Å². The van der Waals surface area contributed by atoms with E-state index in [2.05, 4.69) is 60.7 Å². The summed E-state index contributed by atoms with van der Waals surface area (Å²) in [6.07, 6.45) is 3.36. The summed E-state index contributed by atoms with van der Waals surface area (Å²) < 4.78 is 12.1. The van der Waals surface area contributed by atoms with E-state index in [0.29, 0.717) is 11.3 Å². The van der Waals surface area contributed by atoms with E-state index in [9.17, 15) is 4.79 Å². The van der Waals surface area contributed by atoms with Gasteiger partial charge in [-0.1, -0.05) is 12.1 Å². The first-order valence-corrected chi connectivity index (χ1v) is 12.0. The number of fused-ring (bicyclic) bond motifs is 1. The zero-order chi connectivity index (χ0) is 24.3. The van der Waals surface area contributed by atoms with Crippen LogP contribution in [-0.4, -0.2) is 44.2 Å². The summed E-state index contributed by atoms with van der Waals surface area (Å²) in [6, 6.07) is 16.1. The van der Waals surface area contributed by atoms with Gasteiger partial charge in [0, 0.05) is 72.7 Å². The Morgan fingerprint density at radius 2 is 1.47 bits per heavy atom. The molecule has 6 heteroatoms. The number of pyridine rings is 1. The number of rotatable bonds is 9. The Kier molecular flexibility index (Phi) is 6.77. The van der Waals surface area contributed by atoms with E-state index >= 15 is 0 Å². The second-order valence-electron chi connectivity index (χ2n) is 8.27. The van der Waals surface area contributed by atoms with E-state index in [1.165, 1.54) is 0 Å². The lowest BCUT2D eigenvalue weighted by Gasteiger charge is -2.32. The van der Waals surface area contributed by atoms with Crippen LogP contribution in [0.15, 0.2) is 60.9 Å². The Morgan fingerprint density at radius 1 is 0.853 bits per heavy atom. The third-order valence-electron chi connectivity index (χ3n) is 6.76. The van der Waals surface area contributed by atoms with Crippen LogP contribution in [0.4, 0.5) is 11.4 Å². The third-order valence-corrected chi connectivity index (χ3v) is 6.76. The molecule has 1 atom stereocenters. The number of carbonyl (C=O) groups excluding carboxylic acids is 1. The van der Waals surface area contributed by atoms with E-state index < -0.39 is 5.60 Å². The average molecular weight is 460 g/mol. The highest BCUT2D eigenvalue weighted by atomic mass is 16.6. The van der Waals surface area contributed by atoms with Crippen molar-refractivity contribution in [2.24, 2.45) is 0 Å². The minimum atomic E-state index is -1.14. The summed E-state index contributed by atoms with van der Waals surface area (Å²) in [6.45, 7) is 12.2. The Morgan fingerprint density at radius 3 is 2.09 bits per heavy atom. The van der Waals surface area contributed by atoms with Gasteiger partial charge in [-0.15, -0.1) is 0 Å². The molecule has 1 aromatic heterocycles. The monoisotopic (exact) mass is 459 g/mol. The molecule has 0 bridgehead atoms. The van der Waals surface area contributed by atoms with Gasteiger partial charge < -0.3 is 19.3 Å². The molecule has 0 spiro atoms. The topological polar surface area (TPSA) is 54.9 Å². The molecule has 178 valence electrons. The first-order chi connectivity index (χ1) is 16.5. The van der Waals surface area contributed by atoms with Crippen LogP contribution in [0.2, 0.25) is 0 Å². The average Bonchev–Trinajstić information content (AvgIpc) is 3.19. The number of hydrogen-bond acceptors (Lipinski definition) is 6. The highest BCUT2D eigenvalue weighted by Crippen LogP contribution is 2.50. The summed E-state index contributed by atoms with van der Waals surface area (Å²) in [4.78, 5) is 21.9. The van der Waals surface area contributed by atoms with Crippen LogP contribution in [0.1, 0.15) is 54.7 Å². The van der Waals surface area contributed by atoms with Crippen molar-refractivity contribution in [3.8, 4) is 5.75 Å². The smallest absolute Gasteiger partial charge is 0.340 e. The predicted octanol–water partition coefficient (Wildman–Crippen LogP) is 5.24. The van der Waals surface area contributed by atoms with E-state index in [4.69, 9.17) is 9.47 Å². The van der Waals surface area contributed by atoms with E-state index in [1.54, 1.807) is 25.6 Å². The number of benzene rings is 2. The maximum absolute atomic E-state index is 13.1. The molecular weight excluding hydrogens is 426 g/mol. The second kappa shape index (κ2) is 9.75. The highest BCUT2D eigenvalue weighted by Gasteiger charge is 2.50. The normalized spacial score (nSPS) is 16.7. The van der Waals surface area contributed by atoms with E-state index in [-0.39, 0.29) is 5.97 Å². The van der Waals surface area contributed by atoms with Crippen molar-refractivity contribution in [2.45, 2.75) is 33.3 Å². The van der Waals surface area contributed by atoms with Crippen molar-refractivity contribution in [3.05, 3.63) is 83.2 Å². The summed E-state index contributed by atoms with van der Waals surface area (Å²) >= 11 is 0. The Hall–Kier alpha value is -3.54. The summed E-state index contributed by atoms with van der Waals surface area (Å²) in [5, 5.41) is 0. The van der Waals surface area contributed by atoms with E-state index in [1.807, 2.05) is 24.3 Å². The van der Waals surface area contributed by atoms with Gasteiger partial charge >= 0.3 is 5.97 Å². The standard InChI is InChI=1S/C28H33N3O3/c1-6-30(7-2)21-12-10-20(11-13-21)28(25-19-29-17-16-23(25)27(32)34-28)24-15-14-22(18-26(24)33-5)31(8-3)9-4/h10-19H,6-9H2,1-5H3. The number of methoxy groups -OCH3 is 1. The quantitative estimate of drug-likeness (QED) is 0.408. The summed E-state index contributed by atoms with van der Waals surface area (Å²) in [7, 11) is 1.66. The molecule has 0 amide bonds. The zero-order valence-corrected chi connectivity index (χ0v) is 20.7. The van der Waals surface area contributed by atoms with Gasteiger partial charge in [-0.25, -0.2) is 4.79 Å². The molecule has 1 aliphatic heterocycles. The Labute approximate surface area is 202 Å². The van der Waals surface area contributed by atoms with Crippen LogP contribution in [-0.2, 0) is 10.3 Å². The third kappa shape index (κ3) is 3.77. The molecule has 3 aromatic rings. The SMILES string of the molecule is CCN(CC)c1ccc(C2(c3ccc(N(CC)CC)cc3OC)OC(=O)c3ccncc32)cc1. The first kappa shape index (κ1) is 23.6. The molecule has 34 heavy (non-hydrogen) atoms. The Balaban J connectivity index is 1.94. The second-order valence-corrected chi connectivity index (χ2v) is 8.27. The Bertz CT molecular complexity index is 1150. The molecule has 1 aliphatic rings. The van der Waals surface area contributed by atoms with Crippen LogP contribution >= 0.6 is 0 Å². The summed E-state index contributed by atoms with van der Waals surface area (Å²) in [5.74, 6) is 0.307. The molecular formula is C28H33N3O3. The number of esters is 1. The van der Waals surface area contributed by atoms with Gasteiger partial charge in [-0.2, -0.15) is 0 Å². The van der Waals surface area contributed by atoms with Crippen molar-refractivity contribution < 1.29 is 14.3 Å². The fraction of sp³-hybridized carbons (Fsp3) is 0.357. The number of cyclic esters (lactones) is 1. The predicted molar refractivity (Wildman–Crippen MR) is 136 cm³/mol. The van der Waals surface area contributed by atoms with Crippen LogP contribution in [0.3, 0.4) is 0 Å². The van der Waals surface area contributed by atoms with Gasteiger partial charge in [0.2, 0.25) is 0 Å². The van der Waals surface area contributed by atoms with Crippen LogP contribution in [0.5, 0.6) is 5.75 Å². The van der Waals surface area contributed by atoms with Crippen molar-refractivity contribution in [1.82, 2.24) is 4.98 Å². The van der Waals surface area contributed by atoms with Crippen molar-refractivity contribution in [3.63, 3.8) is 0 Å². The zero-order valence-electron chi connectivity index (χ0n) is 20.7. The molecule has 0 saturated heterocycles. The maximum Gasteiger partial charge on any atom is 0.340 e. The number of nitrogens with zero attached hydrogens (tertiary/aromatic N) is 3. The molecule has 0 saturated carbocycles. The van der Waals surface area contributed by atoms with Crippen LogP contribution < -0.4 is 14.5 Å². The number of anilines is 2. The first-order valence-electron chi connectivity index (χ1n) is 12.0. The molecule has 4 rings (SSSR count). The lowest BCUT2D eigenvalue weighted by Crippen LogP contribution is -2.31. The van der Waals surface area contributed by atoms with Gasteiger partial charge in [0.05, 0.1) is 12.7 Å². The lowest BCUT2D eigenvalue weighted by atomic mass is 9.80. The lowest BCUT2D eigenvalue weighted by molar-refractivity contribution is 0.0245. The van der Waals surface area contributed by atoms with E-state index in [0.717, 1.165) is 54.2 Å². The molecule has 0 aliphatic carbocycles. The van der Waals surface area contributed by atoms with Gasteiger partial charge in [0.15, 0.2) is 5.60 Å². The van der Waals surface area contributed by atoms with Crippen LogP contribution in [0.25, 0.3) is 0 Å². The molecule has 6 nitrogen and oxygen atoms in total. The molecule has 2 heterocycles. The highest BCUT2D eigenvalue weighted by molar-refractivity contribution is 5.96. The van der Waals surface area contributed by atoms with Crippen molar-refractivity contribution in [1.29, 1.82) is 0 Å². The van der Waals surface area contributed by atoms with Crippen molar-refractivity contribution >= 4 is 17.3 Å². The number of carbonyl (C=O) groups is 1. The van der Waals surface area contributed by atoms with Gasteiger partial charge in [-0.3, -0.25) is 4.98 Å². The maximum atomic E-state index is 13.1. The minimum absolute atomic E-state index is 0.361. The molecule has 0 radical (unpaired) electrons. The largest absolute Gasteiger partial charge is 0.496 e. The molecule has 0 N–H and O–H groups in total. The summed E-state index contributed by atoms with van der Waals surface area (Å²) in [5.41, 5.74) is 3.94. The van der Waals surface area contributed by atoms with Crippen molar-refractivity contribution in [2.75, 3.05) is 43.1 Å². The number of hydrogen-bond donors (Lipinski definition) is 0. The molecule has 0 fully saturated rings. The fourth-order valence-electron chi connectivity index (χ4n) is 4.92. The van der Waals surface area contributed by atoms with Gasteiger partial charge in [0.1, 0.15) is 5.75 Å². The van der Waals surface area contributed by atoms with Gasteiger partial charge in [-0.05, 0) is 58.0 Å². The number of ether oxygens (including phenoxy) is 2. The molecule has 1 unspecified atom stereocenters. The van der Waals surface area contributed by atoms with Crippen LogP contribution in [0, 0.1) is 0 Å². The number of aromatic nitrogens is 1. The minimum Gasteiger partial charge on any atom is -0.496 e. The molecule has 2 aromatic carbocycles. The fourth-order valence-corrected chi connectivity index (χ4v) is 4.92.